The van der Waals surface area contributed by atoms with Crippen LogP contribution in [0.15, 0.2) is 29.2 Å². The maximum Gasteiger partial charge on any atom is 0.261 e. The second-order valence-electron chi connectivity index (χ2n) is 4.51. The Balaban J connectivity index is 2.83. The molecule has 0 amide bonds. The van der Waals surface area contributed by atoms with E-state index in [0.29, 0.717) is 6.61 Å². The molecule has 0 fully saturated rings. The van der Waals surface area contributed by atoms with Crippen molar-refractivity contribution in [2.45, 2.75) is 50.5 Å². The van der Waals surface area contributed by atoms with Crippen molar-refractivity contribution in [3.63, 3.8) is 0 Å². The molecule has 19 heavy (non-hydrogen) atoms. The lowest BCUT2D eigenvalue weighted by atomic mass is 10.0. The third-order valence-electron chi connectivity index (χ3n) is 2.88. The van der Waals surface area contributed by atoms with Crippen LogP contribution in [0, 0.1) is 0 Å². The average molecular weight is 305 g/mol. The zero-order chi connectivity index (χ0) is 14.3. The molecule has 1 aromatic rings. The van der Waals surface area contributed by atoms with Gasteiger partial charge in [-0.15, -0.1) is 0 Å². The van der Waals surface area contributed by atoms with E-state index in [0.717, 1.165) is 31.2 Å². The molecule has 0 spiro atoms. The third-order valence-corrected chi connectivity index (χ3v) is 4.25. The van der Waals surface area contributed by atoms with Crippen molar-refractivity contribution in [3.8, 4) is 0 Å². The van der Waals surface area contributed by atoms with E-state index >= 15 is 0 Å². The van der Waals surface area contributed by atoms with E-state index in [1.165, 1.54) is 12.1 Å². The lowest BCUT2D eigenvalue weighted by molar-refractivity contribution is 0.0455. The van der Waals surface area contributed by atoms with Crippen LogP contribution in [-0.2, 0) is 13.8 Å². The van der Waals surface area contributed by atoms with Gasteiger partial charge < -0.3 is 4.74 Å². The SMILES string of the molecule is CCCC[C@H](OCCC)c1ccc(S(=O)(=O)Cl)cc1. The third kappa shape index (κ3) is 5.51. The summed E-state index contributed by atoms with van der Waals surface area (Å²) in [5.41, 5.74) is 1.01. The van der Waals surface area contributed by atoms with Crippen LogP contribution in [0.2, 0.25) is 0 Å². The van der Waals surface area contributed by atoms with Crippen LogP contribution in [0.1, 0.15) is 51.2 Å². The van der Waals surface area contributed by atoms with Crippen molar-refractivity contribution in [3.05, 3.63) is 29.8 Å². The summed E-state index contributed by atoms with van der Waals surface area (Å²) in [6.07, 6.45) is 4.15. The van der Waals surface area contributed by atoms with Gasteiger partial charge in [0.2, 0.25) is 0 Å². The van der Waals surface area contributed by atoms with E-state index in [1.54, 1.807) is 12.1 Å². The molecule has 0 aliphatic carbocycles. The summed E-state index contributed by atoms with van der Waals surface area (Å²) in [6.45, 7) is 4.92. The predicted octanol–water partition coefficient (Wildman–Crippen LogP) is 4.27. The largest absolute Gasteiger partial charge is 0.374 e. The molecule has 0 bridgehead atoms. The molecule has 0 saturated carbocycles. The van der Waals surface area contributed by atoms with Gasteiger partial charge in [-0.25, -0.2) is 8.42 Å². The van der Waals surface area contributed by atoms with Gasteiger partial charge in [0.05, 0.1) is 11.0 Å². The van der Waals surface area contributed by atoms with Gasteiger partial charge in [0.1, 0.15) is 0 Å². The van der Waals surface area contributed by atoms with Gasteiger partial charge in [0, 0.05) is 17.3 Å². The van der Waals surface area contributed by atoms with E-state index in [-0.39, 0.29) is 11.0 Å². The Labute approximate surface area is 120 Å². The topological polar surface area (TPSA) is 43.4 Å². The van der Waals surface area contributed by atoms with Crippen molar-refractivity contribution in [1.29, 1.82) is 0 Å². The Kier molecular flexibility index (Phi) is 6.83. The van der Waals surface area contributed by atoms with Gasteiger partial charge in [0.25, 0.3) is 9.05 Å². The van der Waals surface area contributed by atoms with Crippen LogP contribution in [0.4, 0.5) is 0 Å². The molecule has 1 aromatic carbocycles. The molecule has 5 heteroatoms. The smallest absolute Gasteiger partial charge is 0.261 e. The summed E-state index contributed by atoms with van der Waals surface area (Å²) < 4.78 is 28.2. The molecule has 0 aromatic heterocycles. The van der Waals surface area contributed by atoms with Crippen LogP contribution in [0.3, 0.4) is 0 Å². The van der Waals surface area contributed by atoms with Gasteiger partial charge in [-0.05, 0) is 30.5 Å². The molecule has 0 unspecified atom stereocenters. The van der Waals surface area contributed by atoms with Gasteiger partial charge in [-0.1, -0.05) is 38.8 Å². The number of ether oxygens (including phenoxy) is 1. The summed E-state index contributed by atoms with van der Waals surface area (Å²) in [4.78, 5) is 0.127. The molecule has 108 valence electrons. The second kappa shape index (κ2) is 7.88. The maximum atomic E-state index is 11.2. The standard InChI is InChI=1S/C14H21ClO3S/c1-3-5-6-14(18-11-4-2)12-7-9-13(10-8-12)19(15,16)17/h7-10,14H,3-6,11H2,1-2H3/t14-/m0/s1. The molecule has 0 aliphatic heterocycles. The lowest BCUT2D eigenvalue weighted by Crippen LogP contribution is -2.06. The first-order valence-corrected chi connectivity index (χ1v) is 8.96. The van der Waals surface area contributed by atoms with Gasteiger partial charge >= 0.3 is 0 Å². The monoisotopic (exact) mass is 304 g/mol. The highest BCUT2D eigenvalue weighted by Gasteiger charge is 2.14. The predicted molar refractivity (Wildman–Crippen MR) is 78.0 cm³/mol. The van der Waals surface area contributed by atoms with Crippen LogP contribution in [-0.4, -0.2) is 15.0 Å². The normalized spacial score (nSPS) is 13.4. The first-order chi connectivity index (χ1) is 8.99. The fourth-order valence-corrected chi connectivity index (χ4v) is 2.61. The minimum atomic E-state index is -3.65. The van der Waals surface area contributed by atoms with Crippen LogP contribution in [0.25, 0.3) is 0 Å². The fraction of sp³-hybridized carbons (Fsp3) is 0.571. The van der Waals surface area contributed by atoms with E-state index in [9.17, 15) is 8.42 Å². The zero-order valence-electron chi connectivity index (χ0n) is 11.4. The van der Waals surface area contributed by atoms with Crippen LogP contribution >= 0.6 is 10.7 Å². The van der Waals surface area contributed by atoms with E-state index in [4.69, 9.17) is 15.4 Å². The van der Waals surface area contributed by atoms with Crippen molar-refractivity contribution in [2.75, 3.05) is 6.61 Å². The molecular weight excluding hydrogens is 284 g/mol. The van der Waals surface area contributed by atoms with Crippen LogP contribution in [0.5, 0.6) is 0 Å². The Morgan fingerprint density at radius 1 is 1.16 bits per heavy atom. The Morgan fingerprint density at radius 3 is 2.26 bits per heavy atom. The van der Waals surface area contributed by atoms with Crippen molar-refractivity contribution >= 4 is 19.7 Å². The minimum Gasteiger partial charge on any atom is -0.374 e. The summed E-state index contributed by atoms with van der Waals surface area (Å²) in [6, 6.07) is 6.63. The highest BCUT2D eigenvalue weighted by molar-refractivity contribution is 8.13. The van der Waals surface area contributed by atoms with E-state index in [2.05, 4.69) is 13.8 Å². The molecule has 0 N–H and O–H groups in total. The number of hydrogen-bond donors (Lipinski definition) is 0. The molecule has 3 nitrogen and oxygen atoms in total. The number of hydrogen-bond acceptors (Lipinski definition) is 3. The second-order valence-corrected chi connectivity index (χ2v) is 7.07. The molecule has 1 atom stereocenters. The maximum absolute atomic E-state index is 11.2. The molecular formula is C14H21ClO3S. The molecule has 0 radical (unpaired) electrons. The summed E-state index contributed by atoms with van der Waals surface area (Å²) in [5.74, 6) is 0. The Bertz CT molecular complexity index is 460. The molecule has 0 heterocycles. The number of halogens is 1. The zero-order valence-corrected chi connectivity index (χ0v) is 13.0. The molecule has 1 rings (SSSR count). The highest BCUT2D eigenvalue weighted by atomic mass is 35.7. The first kappa shape index (κ1) is 16.5. The molecule has 0 saturated heterocycles. The number of unbranched alkanes of at least 4 members (excludes halogenated alkanes) is 1. The Hall–Kier alpha value is -0.580. The first-order valence-electron chi connectivity index (χ1n) is 6.65. The summed E-state index contributed by atoms with van der Waals surface area (Å²) >= 11 is 0. The van der Waals surface area contributed by atoms with E-state index < -0.39 is 9.05 Å². The quantitative estimate of drug-likeness (QED) is 0.674. The van der Waals surface area contributed by atoms with Crippen LogP contribution < -0.4 is 0 Å². The average Bonchev–Trinajstić information content (AvgIpc) is 2.38. The molecule has 0 aliphatic rings. The van der Waals surface area contributed by atoms with E-state index in [1.807, 2.05) is 0 Å². The van der Waals surface area contributed by atoms with Crippen molar-refractivity contribution in [2.24, 2.45) is 0 Å². The van der Waals surface area contributed by atoms with Gasteiger partial charge in [-0.3, -0.25) is 0 Å². The summed E-state index contributed by atoms with van der Waals surface area (Å²) in [5, 5.41) is 0. The van der Waals surface area contributed by atoms with Crippen molar-refractivity contribution in [1.82, 2.24) is 0 Å². The fourth-order valence-electron chi connectivity index (χ4n) is 1.84. The number of benzene rings is 1. The Morgan fingerprint density at radius 2 is 1.79 bits per heavy atom. The number of rotatable bonds is 8. The lowest BCUT2D eigenvalue weighted by Gasteiger charge is -2.18. The minimum absolute atomic E-state index is 0.0342. The van der Waals surface area contributed by atoms with Gasteiger partial charge in [-0.2, -0.15) is 0 Å². The van der Waals surface area contributed by atoms with Crippen molar-refractivity contribution < 1.29 is 13.2 Å². The highest BCUT2D eigenvalue weighted by Crippen LogP contribution is 2.25. The summed E-state index contributed by atoms with van der Waals surface area (Å²) in [7, 11) is 1.65. The van der Waals surface area contributed by atoms with Gasteiger partial charge in [0.15, 0.2) is 0 Å².